The molecule has 2 atom stereocenters. The molecule has 1 saturated heterocycles. The van der Waals surface area contributed by atoms with Gasteiger partial charge in [0.2, 0.25) is 5.91 Å². The predicted molar refractivity (Wildman–Crippen MR) is 128 cm³/mol. The second kappa shape index (κ2) is 9.82. The molecule has 1 fully saturated rings. The molecule has 6 nitrogen and oxygen atoms in total. The molecule has 0 bridgehead atoms. The second-order valence-electron chi connectivity index (χ2n) is 10.8. The van der Waals surface area contributed by atoms with Crippen LogP contribution in [0.4, 0.5) is 35.1 Å². The first-order valence-electron chi connectivity index (χ1n) is 12.3. The van der Waals surface area contributed by atoms with E-state index >= 15 is 0 Å². The number of nitrogens with zero attached hydrogens (tertiary/aromatic N) is 1. The number of hydrogen-bond donors (Lipinski definition) is 1. The zero-order valence-corrected chi connectivity index (χ0v) is 22.4. The largest absolute Gasteiger partial charge is 0.493 e. The molecule has 226 valence electrons. The van der Waals surface area contributed by atoms with Gasteiger partial charge in [-0.3, -0.25) is 4.79 Å². The van der Waals surface area contributed by atoms with E-state index in [4.69, 9.17) is 4.74 Å². The lowest BCUT2D eigenvalue weighted by Crippen LogP contribution is -2.59. The van der Waals surface area contributed by atoms with E-state index in [1.165, 1.54) is 18.7 Å². The van der Waals surface area contributed by atoms with E-state index in [0.717, 1.165) is 24.3 Å². The molecule has 41 heavy (non-hydrogen) atoms. The molecule has 0 radical (unpaired) electrons. The Labute approximate surface area is 229 Å². The summed E-state index contributed by atoms with van der Waals surface area (Å²) in [5, 5.41) is 10.0. The number of benzene rings is 2. The van der Waals surface area contributed by atoms with Crippen LogP contribution in [0.15, 0.2) is 47.4 Å². The van der Waals surface area contributed by atoms with Crippen LogP contribution in [0.3, 0.4) is 0 Å². The summed E-state index contributed by atoms with van der Waals surface area (Å²) in [7, 11) is -4.58. The van der Waals surface area contributed by atoms with Crippen molar-refractivity contribution in [3.63, 3.8) is 0 Å². The summed E-state index contributed by atoms with van der Waals surface area (Å²) in [6.45, 7) is 1.74. The molecule has 2 aromatic rings. The average molecular weight is 616 g/mol. The number of piperidine rings is 1. The number of carbonyl (C=O) groups is 1. The molecular formula is C26H25F8NO5S. The summed E-state index contributed by atoms with van der Waals surface area (Å²) in [4.78, 5) is 13.7. The summed E-state index contributed by atoms with van der Waals surface area (Å²) in [6, 6.07) is 4.75. The monoisotopic (exact) mass is 615 g/mol. The topological polar surface area (TPSA) is 83.9 Å². The SMILES string of the molecule is CC(C)(O)CC(=O)N1CCC2(S(=O)(=O)c3ccc(F)cc3)c3ccc(C(F)(C(F)(F)F)C(F)(F)F)cc3OCC2C1. The van der Waals surface area contributed by atoms with Crippen molar-refractivity contribution < 1.29 is 58.2 Å². The normalized spacial score (nSPS) is 22.0. The quantitative estimate of drug-likeness (QED) is 0.370. The van der Waals surface area contributed by atoms with Crippen LogP contribution in [0.2, 0.25) is 0 Å². The van der Waals surface area contributed by atoms with E-state index in [1.54, 1.807) is 0 Å². The second-order valence-corrected chi connectivity index (χ2v) is 13.0. The number of rotatable bonds is 5. The van der Waals surface area contributed by atoms with Crippen LogP contribution >= 0.6 is 0 Å². The molecule has 2 unspecified atom stereocenters. The van der Waals surface area contributed by atoms with Gasteiger partial charge in [-0.25, -0.2) is 17.2 Å². The summed E-state index contributed by atoms with van der Waals surface area (Å²) < 4.78 is 141. The number of aliphatic hydroxyl groups is 1. The number of alkyl halides is 7. The molecule has 4 rings (SSSR count). The van der Waals surface area contributed by atoms with Crippen molar-refractivity contribution in [2.24, 2.45) is 5.92 Å². The van der Waals surface area contributed by atoms with Gasteiger partial charge >= 0.3 is 18.0 Å². The highest BCUT2D eigenvalue weighted by atomic mass is 32.2. The highest BCUT2D eigenvalue weighted by Crippen LogP contribution is 2.57. The molecule has 2 heterocycles. The predicted octanol–water partition coefficient (Wildman–Crippen LogP) is 5.19. The Morgan fingerprint density at radius 1 is 1.02 bits per heavy atom. The summed E-state index contributed by atoms with van der Waals surface area (Å²) in [5.74, 6) is -3.07. The zero-order chi connectivity index (χ0) is 30.8. The van der Waals surface area contributed by atoms with Gasteiger partial charge in [-0.1, -0.05) is 12.1 Å². The van der Waals surface area contributed by atoms with Crippen molar-refractivity contribution in [2.75, 3.05) is 19.7 Å². The van der Waals surface area contributed by atoms with Crippen LogP contribution in [0, 0.1) is 11.7 Å². The van der Waals surface area contributed by atoms with Crippen LogP contribution in [0.25, 0.3) is 0 Å². The molecule has 15 heteroatoms. The minimum absolute atomic E-state index is 0.195. The third-order valence-electron chi connectivity index (χ3n) is 7.45. The zero-order valence-electron chi connectivity index (χ0n) is 21.6. The number of likely N-dealkylation sites (tertiary alicyclic amines) is 1. The van der Waals surface area contributed by atoms with E-state index in [9.17, 15) is 53.4 Å². The van der Waals surface area contributed by atoms with Crippen molar-refractivity contribution >= 4 is 15.7 Å². The van der Waals surface area contributed by atoms with Gasteiger partial charge in [-0.05, 0) is 50.6 Å². The highest BCUT2D eigenvalue weighted by molar-refractivity contribution is 7.92. The Balaban J connectivity index is 1.89. The molecule has 0 spiro atoms. The first kappa shape index (κ1) is 31.0. The van der Waals surface area contributed by atoms with Crippen LogP contribution in [-0.4, -0.2) is 62.0 Å². The third kappa shape index (κ3) is 5.04. The number of halogens is 8. The molecule has 1 amide bonds. The van der Waals surface area contributed by atoms with Crippen molar-refractivity contribution in [1.82, 2.24) is 4.90 Å². The van der Waals surface area contributed by atoms with Crippen LogP contribution < -0.4 is 4.74 Å². The van der Waals surface area contributed by atoms with Gasteiger partial charge in [-0.15, -0.1) is 0 Å². The van der Waals surface area contributed by atoms with E-state index in [2.05, 4.69) is 0 Å². The Kier molecular flexibility index (Phi) is 7.42. The Morgan fingerprint density at radius 2 is 1.61 bits per heavy atom. The fraction of sp³-hybridized carbons (Fsp3) is 0.500. The first-order chi connectivity index (χ1) is 18.6. The number of hydrogen-bond acceptors (Lipinski definition) is 5. The fourth-order valence-corrected chi connectivity index (χ4v) is 7.78. The van der Waals surface area contributed by atoms with Gasteiger partial charge in [0, 0.05) is 30.1 Å². The fourth-order valence-electron chi connectivity index (χ4n) is 5.47. The minimum Gasteiger partial charge on any atom is -0.493 e. The van der Waals surface area contributed by atoms with Gasteiger partial charge in [0.05, 0.1) is 23.5 Å². The van der Waals surface area contributed by atoms with Gasteiger partial charge in [0.1, 0.15) is 16.3 Å². The summed E-state index contributed by atoms with van der Waals surface area (Å²) in [6.07, 6.45) is -13.5. The van der Waals surface area contributed by atoms with Crippen LogP contribution in [0.5, 0.6) is 5.75 Å². The number of amides is 1. The van der Waals surface area contributed by atoms with Gasteiger partial charge in [0.15, 0.2) is 9.84 Å². The lowest BCUT2D eigenvalue weighted by Gasteiger charge is -2.50. The van der Waals surface area contributed by atoms with Crippen molar-refractivity contribution in [1.29, 1.82) is 0 Å². The molecule has 1 N–H and O–H groups in total. The lowest BCUT2D eigenvalue weighted by atomic mass is 9.76. The molecule has 0 aromatic heterocycles. The van der Waals surface area contributed by atoms with Gasteiger partial charge in [0.25, 0.3) is 0 Å². The first-order valence-corrected chi connectivity index (χ1v) is 13.7. The maximum absolute atomic E-state index is 14.8. The van der Waals surface area contributed by atoms with Gasteiger partial charge < -0.3 is 14.7 Å². The van der Waals surface area contributed by atoms with Crippen molar-refractivity contribution in [3.05, 3.63) is 59.4 Å². The lowest BCUT2D eigenvalue weighted by molar-refractivity contribution is -0.348. The van der Waals surface area contributed by atoms with Crippen LogP contribution in [-0.2, 0) is 25.0 Å². The minimum atomic E-state index is -6.40. The molecule has 0 saturated carbocycles. The van der Waals surface area contributed by atoms with E-state index in [0.29, 0.717) is 6.07 Å². The van der Waals surface area contributed by atoms with Gasteiger partial charge in [-0.2, -0.15) is 26.3 Å². The maximum Gasteiger partial charge on any atom is 0.435 e. The van der Waals surface area contributed by atoms with Crippen molar-refractivity contribution in [2.45, 2.75) is 60.0 Å². The Bertz CT molecular complexity index is 1420. The van der Waals surface area contributed by atoms with E-state index < -0.39 is 73.8 Å². The number of ether oxygens (including phenoxy) is 1. The molecule has 2 aliphatic rings. The smallest absolute Gasteiger partial charge is 0.435 e. The third-order valence-corrected chi connectivity index (χ3v) is 10.1. The highest BCUT2D eigenvalue weighted by Gasteiger charge is 2.74. The average Bonchev–Trinajstić information content (AvgIpc) is 2.85. The number of sulfone groups is 1. The van der Waals surface area contributed by atoms with E-state index in [-0.39, 0.29) is 48.5 Å². The summed E-state index contributed by atoms with van der Waals surface area (Å²) >= 11 is 0. The summed E-state index contributed by atoms with van der Waals surface area (Å²) in [5.41, 5.74) is -9.33. The van der Waals surface area contributed by atoms with Crippen molar-refractivity contribution in [3.8, 4) is 5.75 Å². The molecular weight excluding hydrogens is 590 g/mol. The Hall–Kier alpha value is -2.94. The van der Waals surface area contributed by atoms with Crippen LogP contribution in [0.1, 0.15) is 37.8 Å². The molecule has 0 aliphatic carbocycles. The standard InChI is InChI=1S/C26H25F8NO5S/c1-22(2,37)12-21(36)35-10-9-23(41(38,39)18-6-4-17(27)5-7-18)16(13-35)14-40-20-11-15(3-8-19(20)23)24(28,25(29,30)31)26(32,33)34/h3-8,11,16,37H,9-10,12-14H2,1-2H3. The number of fused-ring (bicyclic) bond motifs is 3. The number of carbonyl (C=O) groups excluding carboxylic acids is 1. The molecule has 2 aliphatic heterocycles. The maximum atomic E-state index is 14.8. The Morgan fingerprint density at radius 3 is 2.15 bits per heavy atom. The molecule has 2 aromatic carbocycles. The van der Waals surface area contributed by atoms with E-state index in [1.807, 2.05) is 0 Å².